The van der Waals surface area contributed by atoms with Crippen LogP contribution < -0.4 is 0 Å². The van der Waals surface area contributed by atoms with E-state index < -0.39 is 0 Å². The molecule has 0 saturated heterocycles. The van der Waals surface area contributed by atoms with Gasteiger partial charge in [0.05, 0.1) is 0 Å². The van der Waals surface area contributed by atoms with Gasteiger partial charge in [-0.05, 0) is 13.8 Å². The summed E-state index contributed by atoms with van der Waals surface area (Å²) in [5, 5.41) is 0. The third-order valence-electron chi connectivity index (χ3n) is 1.21. The fraction of sp³-hybridized carbons (Fsp3) is 0.200. The molecule has 0 aromatic heterocycles. The molecule has 0 aliphatic rings. The summed E-state index contributed by atoms with van der Waals surface area (Å²) in [5.41, 5.74) is 0. The van der Waals surface area contributed by atoms with Gasteiger partial charge in [0.2, 0.25) is 0 Å². The van der Waals surface area contributed by atoms with Gasteiger partial charge in [-0.2, -0.15) is 0 Å². The minimum Gasteiger partial charge on any atom is -0.0980 e. The van der Waals surface area contributed by atoms with Crippen LogP contribution in [0.1, 0.15) is 13.8 Å². The van der Waals surface area contributed by atoms with Gasteiger partial charge < -0.3 is 0 Å². The summed E-state index contributed by atoms with van der Waals surface area (Å²) in [7, 11) is 0. The zero-order valence-electron chi connectivity index (χ0n) is 7.13. The molecule has 0 N–H and O–H groups in total. The van der Waals surface area contributed by atoms with Crippen molar-refractivity contribution in [2.45, 2.75) is 13.8 Å². The minimum atomic E-state index is 1.16. The van der Waals surface area contributed by atoms with E-state index in [4.69, 9.17) is 0 Å². The van der Waals surface area contributed by atoms with Crippen molar-refractivity contribution in [3.63, 3.8) is 0 Å². The first-order valence-electron chi connectivity index (χ1n) is 3.53. The first kappa shape index (κ1) is 10.3. The van der Waals surface area contributed by atoms with E-state index in [1.165, 1.54) is 0 Å². The van der Waals surface area contributed by atoms with Gasteiger partial charge in [0.1, 0.15) is 0 Å². The number of hydrogen-bond donors (Lipinski definition) is 0. The Balaban J connectivity index is 4.22. The van der Waals surface area contributed by atoms with E-state index in [1.807, 2.05) is 38.2 Å². The molecule has 60 valence electrons. The summed E-state index contributed by atoms with van der Waals surface area (Å²) in [4.78, 5) is 2.33. The van der Waals surface area contributed by atoms with Crippen LogP contribution in [-0.2, 0) is 0 Å². The topological polar surface area (TPSA) is 0 Å². The Morgan fingerprint density at radius 3 is 1.55 bits per heavy atom. The molecule has 0 radical (unpaired) electrons. The van der Waals surface area contributed by atoms with Crippen LogP contribution in [0.3, 0.4) is 0 Å². The van der Waals surface area contributed by atoms with E-state index in [2.05, 4.69) is 13.2 Å². The van der Waals surface area contributed by atoms with Crippen LogP contribution in [-0.4, -0.2) is 0 Å². The van der Waals surface area contributed by atoms with Crippen molar-refractivity contribution in [3.05, 3.63) is 47.3 Å². The predicted molar refractivity (Wildman–Crippen MR) is 55.5 cm³/mol. The van der Waals surface area contributed by atoms with Gasteiger partial charge in [0, 0.05) is 9.81 Å². The number of rotatable bonds is 4. The fourth-order valence-electron chi connectivity index (χ4n) is 0.573. The van der Waals surface area contributed by atoms with Crippen LogP contribution in [0.2, 0.25) is 0 Å². The largest absolute Gasteiger partial charge is 0.0980 e. The highest BCUT2D eigenvalue weighted by molar-refractivity contribution is 8.07. The number of allylic oxidation sites excluding steroid dienone is 4. The second-order valence-corrected chi connectivity index (χ2v) is 3.04. The highest BCUT2D eigenvalue weighted by atomic mass is 32.2. The van der Waals surface area contributed by atoms with Crippen molar-refractivity contribution in [1.29, 1.82) is 0 Å². The molecule has 0 aliphatic heterocycles. The molecular formula is C10H14S. The molecule has 0 atom stereocenters. The van der Waals surface area contributed by atoms with Crippen LogP contribution in [0.15, 0.2) is 47.3 Å². The molecule has 0 amide bonds. The lowest BCUT2D eigenvalue weighted by Crippen LogP contribution is -1.70. The standard InChI is InChI=1S/C10H14S/c1-5-9(6-2)11-10(7-3)8-4/h5-8H,1,3H2,2,4H3/b9-6+,10-8+. The molecular weight excluding hydrogens is 152 g/mol. The van der Waals surface area contributed by atoms with Crippen molar-refractivity contribution in [1.82, 2.24) is 0 Å². The van der Waals surface area contributed by atoms with E-state index in [9.17, 15) is 0 Å². The third-order valence-corrected chi connectivity index (χ3v) is 2.48. The summed E-state index contributed by atoms with van der Waals surface area (Å²) < 4.78 is 0. The van der Waals surface area contributed by atoms with E-state index in [0.29, 0.717) is 0 Å². The Labute approximate surface area is 73.4 Å². The second-order valence-electron chi connectivity index (χ2n) is 1.89. The molecule has 0 aromatic carbocycles. The van der Waals surface area contributed by atoms with E-state index >= 15 is 0 Å². The molecule has 0 unspecified atom stereocenters. The lowest BCUT2D eigenvalue weighted by atomic mass is 10.5. The SMILES string of the molecule is C=C/C(=C\C)S/C(C=C)=C/C. The molecule has 0 aromatic rings. The molecule has 0 spiro atoms. The lowest BCUT2D eigenvalue weighted by Gasteiger charge is -1.99. The van der Waals surface area contributed by atoms with Crippen LogP contribution in [0.5, 0.6) is 0 Å². The van der Waals surface area contributed by atoms with Crippen LogP contribution >= 0.6 is 11.8 Å². The summed E-state index contributed by atoms with van der Waals surface area (Å²) in [6.07, 6.45) is 7.75. The van der Waals surface area contributed by atoms with Gasteiger partial charge in [-0.15, -0.1) is 0 Å². The maximum Gasteiger partial charge on any atom is 0.00731 e. The molecule has 0 nitrogen and oxygen atoms in total. The normalized spacial score (nSPS) is 12.9. The second kappa shape index (κ2) is 6.05. The van der Waals surface area contributed by atoms with Crippen LogP contribution in [0, 0.1) is 0 Å². The van der Waals surface area contributed by atoms with E-state index in [-0.39, 0.29) is 0 Å². The zero-order valence-corrected chi connectivity index (χ0v) is 7.95. The molecule has 0 aliphatic carbocycles. The van der Waals surface area contributed by atoms with Crippen molar-refractivity contribution in [2.75, 3.05) is 0 Å². The molecule has 11 heavy (non-hydrogen) atoms. The first-order chi connectivity index (χ1) is 5.28. The highest BCUT2D eigenvalue weighted by Crippen LogP contribution is 2.26. The predicted octanol–water partition coefficient (Wildman–Crippen LogP) is 3.90. The van der Waals surface area contributed by atoms with Gasteiger partial charge in [0.25, 0.3) is 0 Å². The van der Waals surface area contributed by atoms with Crippen molar-refractivity contribution in [3.8, 4) is 0 Å². The first-order valence-corrected chi connectivity index (χ1v) is 4.35. The van der Waals surface area contributed by atoms with Gasteiger partial charge in [-0.3, -0.25) is 0 Å². The summed E-state index contributed by atoms with van der Waals surface area (Å²) in [6.45, 7) is 11.4. The monoisotopic (exact) mass is 166 g/mol. The van der Waals surface area contributed by atoms with Gasteiger partial charge in [0.15, 0.2) is 0 Å². The summed E-state index contributed by atoms with van der Waals surface area (Å²) >= 11 is 1.68. The van der Waals surface area contributed by atoms with Gasteiger partial charge in [-0.25, -0.2) is 0 Å². The van der Waals surface area contributed by atoms with Crippen molar-refractivity contribution >= 4 is 11.8 Å². The zero-order chi connectivity index (χ0) is 8.69. The Kier molecular flexibility index (Phi) is 5.67. The quantitative estimate of drug-likeness (QED) is 0.571. The average molecular weight is 166 g/mol. The highest BCUT2D eigenvalue weighted by Gasteiger charge is 1.92. The third kappa shape index (κ3) is 3.89. The Morgan fingerprint density at radius 2 is 1.36 bits per heavy atom. The molecule has 0 fully saturated rings. The molecule has 1 heteroatoms. The fourth-order valence-corrected chi connectivity index (χ4v) is 1.25. The Hall–Kier alpha value is -0.690. The maximum atomic E-state index is 3.70. The van der Waals surface area contributed by atoms with E-state index in [1.54, 1.807) is 11.8 Å². The lowest BCUT2D eigenvalue weighted by molar-refractivity contribution is 1.69. The number of hydrogen-bond acceptors (Lipinski definition) is 1. The summed E-state index contributed by atoms with van der Waals surface area (Å²) in [6, 6.07) is 0. The maximum absolute atomic E-state index is 3.70. The van der Waals surface area contributed by atoms with Crippen LogP contribution in [0.4, 0.5) is 0 Å². The molecule has 0 bridgehead atoms. The number of thioether (sulfide) groups is 1. The van der Waals surface area contributed by atoms with Gasteiger partial charge >= 0.3 is 0 Å². The minimum absolute atomic E-state index is 1.16. The molecule has 0 heterocycles. The average Bonchev–Trinajstić information content (AvgIpc) is 2.07. The van der Waals surface area contributed by atoms with Gasteiger partial charge in [-0.1, -0.05) is 49.2 Å². The molecule has 0 saturated carbocycles. The van der Waals surface area contributed by atoms with E-state index in [0.717, 1.165) is 9.81 Å². The molecule has 0 rings (SSSR count). The van der Waals surface area contributed by atoms with Crippen molar-refractivity contribution in [2.24, 2.45) is 0 Å². The smallest absolute Gasteiger partial charge is 0.00731 e. The van der Waals surface area contributed by atoms with Crippen LogP contribution in [0.25, 0.3) is 0 Å². The Bertz CT molecular complexity index is 175. The van der Waals surface area contributed by atoms with Crippen molar-refractivity contribution < 1.29 is 0 Å². The summed E-state index contributed by atoms with van der Waals surface area (Å²) in [5.74, 6) is 0. The Morgan fingerprint density at radius 1 is 1.00 bits per heavy atom.